The van der Waals surface area contributed by atoms with Crippen molar-refractivity contribution < 1.29 is 23.9 Å². The molecule has 0 spiro atoms. The minimum Gasteiger partial charge on any atom is -0.455 e. The smallest absolute Gasteiger partial charge is 0.321 e. The van der Waals surface area contributed by atoms with E-state index in [1.54, 1.807) is 4.90 Å². The largest absolute Gasteiger partial charge is 0.455 e. The Labute approximate surface area is 155 Å². The number of hydrogen-bond acceptors (Lipinski definition) is 5. The first kappa shape index (κ1) is 21.9. The monoisotopic (exact) mass is 369 g/mol. The number of carbonyl (C=O) groups is 4. The van der Waals surface area contributed by atoms with Gasteiger partial charge >= 0.3 is 12.0 Å². The number of nitrogens with one attached hydrogen (secondary N) is 2. The van der Waals surface area contributed by atoms with Gasteiger partial charge in [0.25, 0.3) is 5.91 Å². The van der Waals surface area contributed by atoms with Gasteiger partial charge in [0.1, 0.15) is 0 Å². The van der Waals surface area contributed by atoms with Gasteiger partial charge in [0.2, 0.25) is 5.91 Å². The van der Waals surface area contributed by atoms with Crippen LogP contribution in [0.4, 0.5) is 4.79 Å². The molecular weight excluding hydrogens is 338 g/mol. The number of piperidine rings is 1. The maximum atomic E-state index is 12.2. The number of amides is 4. The summed E-state index contributed by atoms with van der Waals surface area (Å²) in [5.74, 6) is -1.38. The van der Waals surface area contributed by atoms with Crippen LogP contribution in [0, 0.1) is 11.3 Å². The van der Waals surface area contributed by atoms with Crippen molar-refractivity contribution in [3.05, 3.63) is 0 Å². The first-order chi connectivity index (χ1) is 12.1. The summed E-state index contributed by atoms with van der Waals surface area (Å²) in [5.41, 5.74) is -0.441. The van der Waals surface area contributed by atoms with E-state index >= 15 is 0 Å². The van der Waals surface area contributed by atoms with E-state index in [2.05, 4.69) is 10.6 Å². The van der Waals surface area contributed by atoms with E-state index in [-0.39, 0.29) is 11.8 Å². The van der Waals surface area contributed by atoms with Gasteiger partial charge in [-0.15, -0.1) is 0 Å². The predicted molar refractivity (Wildman–Crippen MR) is 96.2 cm³/mol. The molecule has 148 valence electrons. The van der Waals surface area contributed by atoms with E-state index in [4.69, 9.17) is 4.74 Å². The highest BCUT2D eigenvalue weighted by molar-refractivity contribution is 5.95. The quantitative estimate of drug-likeness (QED) is 0.544. The maximum Gasteiger partial charge on any atom is 0.321 e. The van der Waals surface area contributed by atoms with Crippen LogP contribution in [0.2, 0.25) is 0 Å². The van der Waals surface area contributed by atoms with Gasteiger partial charge in [0, 0.05) is 25.0 Å². The van der Waals surface area contributed by atoms with Crippen molar-refractivity contribution in [3.63, 3.8) is 0 Å². The lowest BCUT2D eigenvalue weighted by Crippen LogP contribution is -2.45. The Morgan fingerprint density at radius 1 is 1.12 bits per heavy atom. The van der Waals surface area contributed by atoms with E-state index in [0.717, 1.165) is 12.8 Å². The van der Waals surface area contributed by atoms with Crippen molar-refractivity contribution in [2.75, 3.05) is 26.2 Å². The van der Waals surface area contributed by atoms with Gasteiger partial charge in [-0.05, 0) is 19.3 Å². The second kappa shape index (κ2) is 10.1. The number of likely N-dealkylation sites (tertiary alicyclic amines) is 1. The number of nitrogens with zero attached hydrogens (tertiary/aromatic N) is 1. The molecular formula is C18H31N3O5. The Morgan fingerprint density at radius 3 is 2.27 bits per heavy atom. The summed E-state index contributed by atoms with van der Waals surface area (Å²) >= 11 is 0. The highest BCUT2D eigenvalue weighted by Gasteiger charge is 2.33. The second-order valence-electron chi connectivity index (χ2n) is 7.58. The van der Waals surface area contributed by atoms with Gasteiger partial charge in [-0.1, -0.05) is 34.1 Å². The van der Waals surface area contributed by atoms with Gasteiger partial charge < -0.3 is 15.0 Å². The van der Waals surface area contributed by atoms with Crippen molar-refractivity contribution in [1.29, 1.82) is 0 Å². The molecule has 1 rings (SSSR count). The standard InChI is InChI=1S/C18H31N3O5/c1-5-6-9-19-17(25)20-14(22)12-26-15(23)13-7-10-21(11-8-13)16(24)18(2,3)4/h13H,5-12H2,1-4H3,(H2,19,20,22,25). The van der Waals surface area contributed by atoms with Crippen LogP contribution in [0.15, 0.2) is 0 Å². The highest BCUT2D eigenvalue weighted by Crippen LogP contribution is 2.24. The summed E-state index contributed by atoms with van der Waals surface area (Å²) in [5, 5.41) is 4.66. The molecule has 26 heavy (non-hydrogen) atoms. The number of esters is 1. The van der Waals surface area contributed by atoms with Gasteiger partial charge in [-0.3, -0.25) is 19.7 Å². The Balaban J connectivity index is 2.29. The van der Waals surface area contributed by atoms with E-state index in [9.17, 15) is 19.2 Å². The van der Waals surface area contributed by atoms with Crippen LogP contribution in [-0.4, -0.2) is 55.0 Å². The summed E-state index contributed by atoms with van der Waals surface area (Å²) in [6.45, 7) is 8.60. The summed E-state index contributed by atoms with van der Waals surface area (Å²) in [6.07, 6.45) is 2.79. The zero-order valence-electron chi connectivity index (χ0n) is 16.2. The van der Waals surface area contributed by atoms with Crippen LogP contribution < -0.4 is 10.6 Å². The molecule has 0 unspecified atom stereocenters. The third kappa shape index (κ3) is 7.41. The predicted octanol–water partition coefficient (Wildman–Crippen LogP) is 1.44. The Kier molecular flexibility index (Phi) is 8.54. The van der Waals surface area contributed by atoms with Crippen molar-refractivity contribution >= 4 is 23.8 Å². The lowest BCUT2D eigenvalue weighted by Gasteiger charge is -2.34. The third-order valence-corrected chi connectivity index (χ3v) is 4.17. The molecule has 0 bridgehead atoms. The number of imide groups is 1. The Morgan fingerprint density at radius 2 is 1.73 bits per heavy atom. The lowest BCUT2D eigenvalue weighted by atomic mass is 9.91. The average Bonchev–Trinajstić information content (AvgIpc) is 2.58. The first-order valence-electron chi connectivity index (χ1n) is 9.18. The fourth-order valence-corrected chi connectivity index (χ4v) is 2.63. The molecule has 0 aromatic carbocycles. The zero-order chi connectivity index (χ0) is 19.7. The topological polar surface area (TPSA) is 105 Å². The molecule has 4 amide bonds. The van der Waals surface area contributed by atoms with Gasteiger partial charge in [-0.2, -0.15) is 0 Å². The zero-order valence-corrected chi connectivity index (χ0v) is 16.2. The van der Waals surface area contributed by atoms with Crippen molar-refractivity contribution in [1.82, 2.24) is 15.5 Å². The number of hydrogen-bond donors (Lipinski definition) is 2. The molecule has 1 fully saturated rings. The molecule has 0 aromatic rings. The van der Waals surface area contributed by atoms with Gasteiger partial charge in [0.15, 0.2) is 6.61 Å². The van der Waals surface area contributed by atoms with Crippen LogP contribution in [-0.2, 0) is 19.1 Å². The molecule has 1 aliphatic heterocycles. The molecule has 0 aliphatic carbocycles. The van der Waals surface area contributed by atoms with Crippen molar-refractivity contribution in [2.45, 2.75) is 53.4 Å². The third-order valence-electron chi connectivity index (χ3n) is 4.17. The van der Waals surface area contributed by atoms with E-state index < -0.39 is 29.9 Å². The fourth-order valence-electron chi connectivity index (χ4n) is 2.63. The molecule has 1 heterocycles. The minimum atomic E-state index is -0.660. The minimum absolute atomic E-state index is 0.0674. The fraction of sp³-hybridized carbons (Fsp3) is 0.778. The van der Waals surface area contributed by atoms with Crippen LogP contribution in [0.5, 0.6) is 0 Å². The normalized spacial score (nSPS) is 15.3. The first-order valence-corrected chi connectivity index (χ1v) is 9.18. The van der Waals surface area contributed by atoms with Gasteiger partial charge in [0.05, 0.1) is 5.92 Å². The summed E-state index contributed by atoms with van der Waals surface area (Å²) < 4.78 is 5.00. The van der Waals surface area contributed by atoms with Gasteiger partial charge in [-0.25, -0.2) is 4.79 Å². The Bertz CT molecular complexity index is 519. The van der Waals surface area contributed by atoms with Crippen LogP contribution in [0.3, 0.4) is 0 Å². The number of urea groups is 1. The van der Waals surface area contributed by atoms with Crippen molar-refractivity contribution in [2.24, 2.45) is 11.3 Å². The average molecular weight is 369 g/mol. The summed E-state index contributed by atoms with van der Waals surface area (Å²) in [4.78, 5) is 49.1. The number of rotatable bonds is 6. The molecule has 2 N–H and O–H groups in total. The highest BCUT2D eigenvalue weighted by atomic mass is 16.5. The molecule has 0 radical (unpaired) electrons. The van der Waals surface area contributed by atoms with E-state index in [1.807, 2.05) is 27.7 Å². The molecule has 0 aromatic heterocycles. The van der Waals surface area contributed by atoms with E-state index in [1.165, 1.54) is 0 Å². The molecule has 8 heteroatoms. The van der Waals surface area contributed by atoms with Crippen molar-refractivity contribution in [3.8, 4) is 0 Å². The summed E-state index contributed by atoms with van der Waals surface area (Å²) in [7, 11) is 0. The Hall–Kier alpha value is -2.12. The maximum absolute atomic E-state index is 12.2. The number of ether oxygens (including phenoxy) is 1. The SMILES string of the molecule is CCCCNC(=O)NC(=O)COC(=O)C1CCN(C(=O)C(C)(C)C)CC1. The summed E-state index contributed by atoms with van der Waals surface area (Å²) in [6, 6.07) is -0.589. The molecule has 0 saturated carbocycles. The van der Waals surface area contributed by atoms with Crippen LogP contribution in [0.25, 0.3) is 0 Å². The number of unbranched alkanes of at least 4 members (excludes halogenated alkanes) is 1. The number of carbonyl (C=O) groups excluding carboxylic acids is 4. The lowest BCUT2D eigenvalue weighted by molar-refractivity contribution is -0.155. The molecule has 1 aliphatic rings. The molecule has 1 saturated heterocycles. The second-order valence-corrected chi connectivity index (χ2v) is 7.58. The molecule has 0 atom stereocenters. The molecule has 8 nitrogen and oxygen atoms in total. The van der Waals surface area contributed by atoms with Crippen LogP contribution in [0.1, 0.15) is 53.4 Å². The van der Waals surface area contributed by atoms with Crippen LogP contribution >= 0.6 is 0 Å². The van der Waals surface area contributed by atoms with E-state index in [0.29, 0.717) is 32.5 Å².